The Balaban J connectivity index is 2.63. The molecule has 0 bridgehead atoms. The molecule has 0 amide bonds. The van der Waals surface area contributed by atoms with Gasteiger partial charge in [-0.1, -0.05) is 6.92 Å². The van der Waals surface area contributed by atoms with Crippen molar-refractivity contribution < 1.29 is 0 Å². The summed E-state index contributed by atoms with van der Waals surface area (Å²) >= 11 is 0. The Bertz CT molecular complexity index is 177. The lowest BCUT2D eigenvalue weighted by Crippen LogP contribution is -2.40. The zero-order valence-electron chi connectivity index (χ0n) is 9.38. The normalized spacial score (nSPS) is 30.8. The van der Waals surface area contributed by atoms with Gasteiger partial charge in [0.25, 0.3) is 0 Å². The minimum atomic E-state index is 0.630. The second kappa shape index (κ2) is 4.64. The molecule has 1 rings (SSSR count). The highest BCUT2D eigenvalue weighted by molar-refractivity contribution is 5.81. The summed E-state index contributed by atoms with van der Waals surface area (Å²) in [6, 6.07) is 1.26. The molecule has 2 nitrogen and oxygen atoms in total. The lowest BCUT2D eigenvalue weighted by atomic mass is 10.00. The number of nitrogens with zero attached hydrogens (tertiary/aromatic N) is 2. The van der Waals surface area contributed by atoms with Crippen LogP contribution >= 0.6 is 0 Å². The summed E-state index contributed by atoms with van der Waals surface area (Å²) in [7, 11) is 0. The van der Waals surface area contributed by atoms with Crippen molar-refractivity contribution in [3.05, 3.63) is 0 Å². The number of hydrogen-bond acceptors (Lipinski definition) is 2. The third-order valence-electron chi connectivity index (χ3n) is 2.94. The van der Waals surface area contributed by atoms with Crippen LogP contribution < -0.4 is 0 Å². The Morgan fingerprint density at radius 1 is 1.31 bits per heavy atom. The summed E-state index contributed by atoms with van der Waals surface area (Å²) in [5.41, 5.74) is 1.25. The Hall–Kier alpha value is -0.530. The second-order valence-electron chi connectivity index (χ2n) is 4.20. The van der Waals surface area contributed by atoms with Gasteiger partial charge in [-0.25, -0.2) is 0 Å². The number of piperidine rings is 1. The molecular weight excluding hydrogens is 160 g/mol. The predicted molar refractivity (Wildman–Crippen MR) is 58.0 cm³/mol. The minimum absolute atomic E-state index is 0.630. The third kappa shape index (κ3) is 2.71. The number of rotatable bonds is 2. The molecule has 0 saturated carbocycles. The van der Waals surface area contributed by atoms with Crippen LogP contribution in [0.15, 0.2) is 5.10 Å². The van der Waals surface area contributed by atoms with Crippen molar-refractivity contribution >= 4 is 5.71 Å². The quantitative estimate of drug-likeness (QED) is 0.599. The van der Waals surface area contributed by atoms with E-state index in [-0.39, 0.29) is 0 Å². The number of hydrazone groups is 1. The van der Waals surface area contributed by atoms with E-state index in [9.17, 15) is 0 Å². The molecule has 1 fully saturated rings. The maximum absolute atomic E-state index is 4.67. The fourth-order valence-corrected chi connectivity index (χ4v) is 1.87. The summed E-state index contributed by atoms with van der Waals surface area (Å²) in [5, 5.41) is 6.96. The van der Waals surface area contributed by atoms with Gasteiger partial charge in [-0.2, -0.15) is 5.10 Å². The molecule has 2 heteroatoms. The van der Waals surface area contributed by atoms with Crippen molar-refractivity contribution in [2.75, 3.05) is 0 Å². The molecule has 13 heavy (non-hydrogen) atoms. The van der Waals surface area contributed by atoms with Gasteiger partial charge in [0.2, 0.25) is 0 Å². The van der Waals surface area contributed by atoms with Crippen LogP contribution in [0.5, 0.6) is 0 Å². The van der Waals surface area contributed by atoms with E-state index in [2.05, 4.69) is 37.8 Å². The van der Waals surface area contributed by atoms with E-state index in [1.807, 2.05) is 0 Å². The van der Waals surface area contributed by atoms with Crippen molar-refractivity contribution in [3.8, 4) is 0 Å². The maximum Gasteiger partial charge on any atom is 0.0445 e. The molecule has 0 radical (unpaired) electrons. The Labute approximate surface area is 82.0 Å². The third-order valence-corrected chi connectivity index (χ3v) is 2.94. The van der Waals surface area contributed by atoms with Crippen LogP contribution in [-0.2, 0) is 0 Å². The summed E-state index contributed by atoms with van der Waals surface area (Å²) < 4.78 is 0. The van der Waals surface area contributed by atoms with E-state index in [0.717, 1.165) is 6.42 Å². The zero-order valence-corrected chi connectivity index (χ0v) is 9.38. The van der Waals surface area contributed by atoms with Crippen LogP contribution in [0.25, 0.3) is 0 Å². The van der Waals surface area contributed by atoms with Gasteiger partial charge in [0.05, 0.1) is 0 Å². The molecule has 0 aliphatic carbocycles. The first-order valence-electron chi connectivity index (χ1n) is 5.47. The highest BCUT2D eigenvalue weighted by Gasteiger charge is 2.22. The molecule has 0 aromatic carbocycles. The molecule has 0 N–H and O–H groups in total. The molecule has 1 saturated heterocycles. The summed E-state index contributed by atoms with van der Waals surface area (Å²) in [6.07, 6.45) is 5.02. The lowest BCUT2D eigenvalue weighted by molar-refractivity contribution is 0.108. The summed E-state index contributed by atoms with van der Waals surface area (Å²) in [4.78, 5) is 0. The van der Waals surface area contributed by atoms with Gasteiger partial charge >= 0.3 is 0 Å². The lowest BCUT2D eigenvalue weighted by Gasteiger charge is -2.37. The van der Waals surface area contributed by atoms with E-state index in [4.69, 9.17) is 0 Å². The van der Waals surface area contributed by atoms with Crippen LogP contribution in [0.3, 0.4) is 0 Å². The monoisotopic (exact) mass is 182 g/mol. The molecule has 1 heterocycles. The van der Waals surface area contributed by atoms with Gasteiger partial charge in [0.1, 0.15) is 0 Å². The van der Waals surface area contributed by atoms with Gasteiger partial charge in [-0.05, 0) is 46.5 Å². The van der Waals surface area contributed by atoms with Crippen molar-refractivity contribution in [3.63, 3.8) is 0 Å². The highest BCUT2D eigenvalue weighted by atomic mass is 15.5. The maximum atomic E-state index is 4.67. The molecule has 1 aliphatic heterocycles. The van der Waals surface area contributed by atoms with E-state index < -0.39 is 0 Å². The first kappa shape index (κ1) is 10.6. The van der Waals surface area contributed by atoms with Crippen molar-refractivity contribution in [2.45, 2.75) is 65.5 Å². The standard InChI is InChI=1S/C11H22N2/c1-5-9(2)12-13-10(3)7-6-8-11(13)4/h10-11H,5-8H2,1-4H3/b12-9+. The fraction of sp³-hybridized carbons (Fsp3) is 0.909. The average molecular weight is 182 g/mol. The number of hydrogen-bond donors (Lipinski definition) is 0. The first-order valence-corrected chi connectivity index (χ1v) is 5.47. The highest BCUT2D eigenvalue weighted by Crippen LogP contribution is 2.22. The van der Waals surface area contributed by atoms with Gasteiger partial charge < -0.3 is 0 Å². The summed E-state index contributed by atoms with van der Waals surface area (Å²) in [6.45, 7) is 8.84. The molecule has 2 unspecified atom stereocenters. The van der Waals surface area contributed by atoms with Crippen molar-refractivity contribution in [1.82, 2.24) is 5.01 Å². The van der Waals surface area contributed by atoms with E-state index in [1.165, 1.54) is 25.0 Å². The van der Waals surface area contributed by atoms with Gasteiger partial charge in [0, 0.05) is 17.8 Å². The first-order chi connectivity index (χ1) is 6.15. The van der Waals surface area contributed by atoms with Crippen LogP contribution in [0, 0.1) is 0 Å². The molecular formula is C11H22N2. The molecule has 0 aromatic heterocycles. The molecule has 1 aliphatic rings. The van der Waals surface area contributed by atoms with Gasteiger partial charge in [-0.3, -0.25) is 5.01 Å². The Morgan fingerprint density at radius 3 is 2.31 bits per heavy atom. The Morgan fingerprint density at radius 2 is 1.85 bits per heavy atom. The fourth-order valence-electron chi connectivity index (χ4n) is 1.87. The van der Waals surface area contributed by atoms with Crippen molar-refractivity contribution in [2.24, 2.45) is 5.10 Å². The largest absolute Gasteiger partial charge is 0.292 e. The molecule has 76 valence electrons. The molecule has 0 aromatic rings. The summed E-state index contributed by atoms with van der Waals surface area (Å²) in [5.74, 6) is 0. The minimum Gasteiger partial charge on any atom is -0.292 e. The van der Waals surface area contributed by atoms with Crippen LogP contribution in [0.1, 0.15) is 53.4 Å². The SMILES string of the molecule is CC/C(C)=N/N1C(C)CCCC1C. The molecule has 0 spiro atoms. The zero-order chi connectivity index (χ0) is 9.84. The smallest absolute Gasteiger partial charge is 0.0445 e. The van der Waals surface area contributed by atoms with Crippen LogP contribution in [0.2, 0.25) is 0 Å². The predicted octanol–water partition coefficient (Wildman–Crippen LogP) is 3.04. The van der Waals surface area contributed by atoms with E-state index in [1.54, 1.807) is 0 Å². The van der Waals surface area contributed by atoms with Crippen molar-refractivity contribution in [1.29, 1.82) is 0 Å². The average Bonchev–Trinajstić information content (AvgIpc) is 2.11. The molecule has 2 atom stereocenters. The van der Waals surface area contributed by atoms with Crippen LogP contribution in [0.4, 0.5) is 0 Å². The Kier molecular flexibility index (Phi) is 3.76. The second-order valence-corrected chi connectivity index (χ2v) is 4.20. The topological polar surface area (TPSA) is 15.6 Å². The van der Waals surface area contributed by atoms with E-state index >= 15 is 0 Å². The van der Waals surface area contributed by atoms with Crippen LogP contribution in [-0.4, -0.2) is 22.8 Å². The van der Waals surface area contributed by atoms with E-state index in [0.29, 0.717) is 12.1 Å². The van der Waals surface area contributed by atoms with Gasteiger partial charge in [-0.15, -0.1) is 0 Å². The van der Waals surface area contributed by atoms with Gasteiger partial charge in [0.15, 0.2) is 0 Å².